The molecular weight excluding hydrogens is 508 g/mol. The molecule has 0 unspecified atom stereocenters. The van der Waals surface area contributed by atoms with E-state index in [9.17, 15) is 10.5 Å². The molecule has 0 atom stereocenters. The molecule has 0 aromatic heterocycles. The first-order valence-corrected chi connectivity index (χ1v) is 13.9. The molecule has 0 aliphatic rings. The summed E-state index contributed by atoms with van der Waals surface area (Å²) in [4.78, 5) is 0. The van der Waals surface area contributed by atoms with Gasteiger partial charge in [0.25, 0.3) is 0 Å². The number of benzene rings is 6. The summed E-state index contributed by atoms with van der Waals surface area (Å²) in [5, 5.41) is 18.7. The molecule has 0 spiro atoms. The number of aryl methyl sites for hydroxylation is 2. The average Bonchev–Trinajstić information content (AvgIpc) is 3.04. The van der Waals surface area contributed by atoms with Gasteiger partial charge < -0.3 is 0 Å². The standard InChI is InChI=1S/C40H28N2/c1-27-17-29(25-41)21-39(19-27)33-13-9-31(10-14-33)35-5-3-7-37(23-35)38-8-4-6-36(24-38)32-11-15-34(16-12-32)40-20-28(2)18-30(22-40)26-42/h3-24H,1-2H3. The van der Waals surface area contributed by atoms with Crippen LogP contribution in [0.5, 0.6) is 0 Å². The average molecular weight is 537 g/mol. The molecule has 6 rings (SSSR count). The fourth-order valence-electron chi connectivity index (χ4n) is 5.50. The van der Waals surface area contributed by atoms with Crippen LogP contribution < -0.4 is 0 Å². The lowest BCUT2D eigenvalue weighted by atomic mass is 9.94. The normalized spacial score (nSPS) is 10.6. The fourth-order valence-corrected chi connectivity index (χ4v) is 5.50. The van der Waals surface area contributed by atoms with Gasteiger partial charge in [0.2, 0.25) is 0 Å². The van der Waals surface area contributed by atoms with Crippen molar-refractivity contribution in [1.82, 2.24) is 0 Å². The minimum absolute atomic E-state index is 0.681. The first-order chi connectivity index (χ1) is 20.5. The Morgan fingerprint density at radius 1 is 0.333 bits per heavy atom. The van der Waals surface area contributed by atoms with Crippen LogP contribution in [0.25, 0.3) is 55.6 Å². The van der Waals surface area contributed by atoms with Crippen molar-refractivity contribution in [3.63, 3.8) is 0 Å². The van der Waals surface area contributed by atoms with E-state index < -0.39 is 0 Å². The summed E-state index contributed by atoms with van der Waals surface area (Å²) in [6, 6.07) is 50.8. The van der Waals surface area contributed by atoms with E-state index >= 15 is 0 Å². The lowest BCUT2D eigenvalue weighted by molar-refractivity contribution is 1.42. The molecule has 0 radical (unpaired) electrons. The Morgan fingerprint density at radius 3 is 0.976 bits per heavy atom. The lowest BCUT2D eigenvalue weighted by Gasteiger charge is -2.10. The highest BCUT2D eigenvalue weighted by atomic mass is 14.2. The van der Waals surface area contributed by atoms with E-state index in [2.05, 4.69) is 121 Å². The monoisotopic (exact) mass is 536 g/mol. The molecule has 0 N–H and O–H groups in total. The van der Waals surface area contributed by atoms with Crippen molar-refractivity contribution in [2.75, 3.05) is 0 Å². The quantitative estimate of drug-likeness (QED) is 0.220. The predicted octanol–water partition coefficient (Wildman–Crippen LogP) is 10.4. The molecule has 6 aromatic carbocycles. The Kier molecular flexibility index (Phi) is 7.21. The van der Waals surface area contributed by atoms with Crippen LogP contribution in [-0.4, -0.2) is 0 Å². The topological polar surface area (TPSA) is 47.6 Å². The summed E-state index contributed by atoms with van der Waals surface area (Å²) in [5.41, 5.74) is 14.8. The number of nitrogens with zero attached hydrogens (tertiary/aromatic N) is 2. The van der Waals surface area contributed by atoms with E-state index in [0.29, 0.717) is 11.1 Å². The van der Waals surface area contributed by atoms with Gasteiger partial charge in [-0.3, -0.25) is 0 Å². The van der Waals surface area contributed by atoms with Crippen molar-refractivity contribution in [3.05, 3.63) is 156 Å². The van der Waals surface area contributed by atoms with Crippen molar-refractivity contribution in [3.8, 4) is 67.8 Å². The minimum Gasteiger partial charge on any atom is -0.192 e. The Hall–Kier alpha value is -5.70. The molecular formula is C40H28N2. The predicted molar refractivity (Wildman–Crippen MR) is 173 cm³/mol. The van der Waals surface area contributed by atoms with Crippen LogP contribution >= 0.6 is 0 Å². The molecule has 0 heterocycles. The largest absolute Gasteiger partial charge is 0.192 e. The van der Waals surface area contributed by atoms with Gasteiger partial charge in [0.05, 0.1) is 23.3 Å². The molecule has 0 aliphatic heterocycles. The van der Waals surface area contributed by atoms with Gasteiger partial charge in [-0.05, 0) is 117 Å². The van der Waals surface area contributed by atoms with Crippen molar-refractivity contribution in [2.45, 2.75) is 13.8 Å². The van der Waals surface area contributed by atoms with Gasteiger partial charge in [-0.25, -0.2) is 0 Å². The maximum atomic E-state index is 9.35. The Morgan fingerprint density at radius 2 is 0.643 bits per heavy atom. The molecule has 0 bridgehead atoms. The second-order valence-corrected chi connectivity index (χ2v) is 10.7. The van der Waals surface area contributed by atoms with Crippen LogP contribution in [0.3, 0.4) is 0 Å². The number of hydrogen-bond donors (Lipinski definition) is 0. The zero-order valence-electron chi connectivity index (χ0n) is 23.6. The summed E-state index contributed by atoms with van der Waals surface area (Å²) in [5.74, 6) is 0. The Bertz CT molecular complexity index is 1850. The van der Waals surface area contributed by atoms with Gasteiger partial charge in [-0.2, -0.15) is 10.5 Å². The molecule has 0 saturated carbocycles. The van der Waals surface area contributed by atoms with Gasteiger partial charge in [0.1, 0.15) is 0 Å². The second-order valence-electron chi connectivity index (χ2n) is 10.7. The first kappa shape index (κ1) is 26.5. The Balaban J connectivity index is 1.26. The summed E-state index contributed by atoms with van der Waals surface area (Å²) >= 11 is 0. The molecule has 0 saturated heterocycles. The second kappa shape index (κ2) is 11.4. The van der Waals surface area contributed by atoms with Crippen molar-refractivity contribution in [1.29, 1.82) is 10.5 Å². The third-order valence-corrected chi connectivity index (χ3v) is 7.57. The molecule has 2 heteroatoms. The van der Waals surface area contributed by atoms with E-state index in [-0.39, 0.29) is 0 Å². The Labute approximate surface area is 247 Å². The summed E-state index contributed by atoms with van der Waals surface area (Å²) in [7, 11) is 0. The van der Waals surface area contributed by atoms with Crippen LogP contribution in [0.15, 0.2) is 133 Å². The van der Waals surface area contributed by atoms with Crippen molar-refractivity contribution >= 4 is 0 Å². The summed E-state index contributed by atoms with van der Waals surface area (Å²) in [6.07, 6.45) is 0. The highest BCUT2D eigenvalue weighted by Gasteiger charge is 2.07. The van der Waals surface area contributed by atoms with Crippen LogP contribution in [0.4, 0.5) is 0 Å². The molecule has 198 valence electrons. The highest BCUT2D eigenvalue weighted by Crippen LogP contribution is 2.32. The number of nitriles is 2. The van der Waals surface area contributed by atoms with E-state index in [0.717, 1.165) is 66.8 Å². The first-order valence-electron chi connectivity index (χ1n) is 13.9. The van der Waals surface area contributed by atoms with E-state index in [4.69, 9.17) is 0 Å². The molecule has 42 heavy (non-hydrogen) atoms. The third kappa shape index (κ3) is 5.62. The van der Waals surface area contributed by atoms with Crippen LogP contribution in [0.1, 0.15) is 22.3 Å². The maximum absolute atomic E-state index is 9.35. The fraction of sp³-hybridized carbons (Fsp3) is 0.0500. The van der Waals surface area contributed by atoms with Crippen LogP contribution in [0, 0.1) is 36.5 Å². The van der Waals surface area contributed by atoms with Gasteiger partial charge in [-0.1, -0.05) is 97.1 Å². The van der Waals surface area contributed by atoms with Crippen LogP contribution in [-0.2, 0) is 0 Å². The number of hydrogen-bond acceptors (Lipinski definition) is 2. The molecule has 0 fully saturated rings. The van der Waals surface area contributed by atoms with Gasteiger partial charge in [0, 0.05) is 0 Å². The summed E-state index contributed by atoms with van der Waals surface area (Å²) < 4.78 is 0. The van der Waals surface area contributed by atoms with Gasteiger partial charge in [-0.15, -0.1) is 0 Å². The van der Waals surface area contributed by atoms with Gasteiger partial charge >= 0.3 is 0 Å². The van der Waals surface area contributed by atoms with Crippen LogP contribution in [0.2, 0.25) is 0 Å². The zero-order valence-corrected chi connectivity index (χ0v) is 23.6. The maximum Gasteiger partial charge on any atom is 0.0991 e. The van der Waals surface area contributed by atoms with Gasteiger partial charge in [0.15, 0.2) is 0 Å². The number of rotatable bonds is 5. The molecule has 6 aromatic rings. The van der Waals surface area contributed by atoms with Crippen molar-refractivity contribution in [2.24, 2.45) is 0 Å². The zero-order chi connectivity index (χ0) is 29.1. The molecule has 0 amide bonds. The van der Waals surface area contributed by atoms with E-state index in [1.807, 2.05) is 38.1 Å². The molecule has 0 aliphatic carbocycles. The third-order valence-electron chi connectivity index (χ3n) is 7.57. The minimum atomic E-state index is 0.681. The molecule has 2 nitrogen and oxygen atoms in total. The van der Waals surface area contributed by atoms with Crippen molar-refractivity contribution < 1.29 is 0 Å². The van der Waals surface area contributed by atoms with E-state index in [1.165, 1.54) is 0 Å². The van der Waals surface area contributed by atoms with E-state index in [1.54, 1.807) is 0 Å². The lowest BCUT2D eigenvalue weighted by Crippen LogP contribution is -1.86. The summed E-state index contributed by atoms with van der Waals surface area (Å²) in [6.45, 7) is 4.04. The highest BCUT2D eigenvalue weighted by molar-refractivity contribution is 5.79. The SMILES string of the molecule is Cc1cc(C#N)cc(-c2ccc(-c3cccc(-c4cccc(-c5ccc(-c6cc(C)cc(C#N)c6)cc5)c4)c3)cc2)c1. The smallest absolute Gasteiger partial charge is 0.0991 e.